The zero-order valence-electron chi connectivity index (χ0n) is 9.52. The fourth-order valence-electron chi connectivity index (χ4n) is 1.67. The highest BCUT2D eigenvalue weighted by atomic mass is 35.5. The van der Waals surface area contributed by atoms with Gasteiger partial charge in [0.2, 0.25) is 0 Å². The van der Waals surface area contributed by atoms with E-state index in [9.17, 15) is 13.2 Å². The van der Waals surface area contributed by atoms with Crippen LogP contribution in [-0.2, 0) is 11.5 Å². The highest BCUT2D eigenvalue weighted by molar-refractivity contribution is 6.26. The number of rotatable bonds is 3. The minimum Gasteiger partial charge on any atom is -0.394 e. The highest BCUT2D eigenvalue weighted by Crippen LogP contribution is 2.46. The normalized spacial score (nSPS) is 23.1. The molecule has 2 N–H and O–H groups in total. The molecule has 0 spiro atoms. The molecule has 1 unspecified atom stereocenters. The number of hydrogen-bond donors (Lipinski definition) is 2. The summed E-state index contributed by atoms with van der Waals surface area (Å²) in [7, 11) is 0. The largest absolute Gasteiger partial charge is 0.417 e. The molecule has 0 aromatic carbocycles. The SMILES string of the molecule is OCCn1cc(C2(Cl)N=CNC=C2C(F)(F)F)cn1. The fraction of sp³-hybridized carbons (Fsp3) is 0.400. The molecule has 0 saturated heterocycles. The summed E-state index contributed by atoms with van der Waals surface area (Å²) in [5, 5.41) is 14.9. The van der Waals surface area contributed by atoms with Crippen LogP contribution in [-0.4, -0.2) is 34.0 Å². The van der Waals surface area contributed by atoms with Crippen molar-refractivity contribution in [3.63, 3.8) is 0 Å². The summed E-state index contributed by atoms with van der Waals surface area (Å²) in [5.41, 5.74) is -0.934. The van der Waals surface area contributed by atoms with Gasteiger partial charge in [0, 0.05) is 18.0 Å². The van der Waals surface area contributed by atoms with Crippen LogP contribution in [0.15, 0.2) is 29.2 Å². The maximum absolute atomic E-state index is 12.9. The van der Waals surface area contributed by atoms with Crippen LogP contribution in [0.3, 0.4) is 0 Å². The molecule has 0 radical (unpaired) electrons. The van der Waals surface area contributed by atoms with Gasteiger partial charge in [-0.3, -0.25) is 4.68 Å². The molecule has 9 heteroatoms. The Labute approximate surface area is 111 Å². The Balaban J connectivity index is 2.40. The van der Waals surface area contributed by atoms with Crippen LogP contribution in [0.4, 0.5) is 13.2 Å². The number of nitrogens with one attached hydrogen (secondary N) is 1. The van der Waals surface area contributed by atoms with Crippen molar-refractivity contribution in [1.29, 1.82) is 0 Å². The molecule has 1 atom stereocenters. The van der Waals surface area contributed by atoms with Gasteiger partial charge >= 0.3 is 6.18 Å². The number of hydrogen-bond acceptors (Lipinski definition) is 4. The first-order valence-corrected chi connectivity index (χ1v) is 5.66. The lowest BCUT2D eigenvalue weighted by Crippen LogP contribution is -2.34. The Morgan fingerprint density at radius 3 is 2.84 bits per heavy atom. The van der Waals surface area contributed by atoms with Gasteiger partial charge in [0.15, 0.2) is 5.00 Å². The quantitative estimate of drug-likeness (QED) is 0.653. The average molecular weight is 295 g/mol. The Morgan fingerprint density at radius 2 is 2.21 bits per heavy atom. The summed E-state index contributed by atoms with van der Waals surface area (Å²) >= 11 is 6.02. The third kappa shape index (κ3) is 2.59. The van der Waals surface area contributed by atoms with E-state index in [2.05, 4.69) is 15.4 Å². The number of alkyl halides is 4. The molecule has 1 aromatic heterocycles. The topological polar surface area (TPSA) is 62.4 Å². The summed E-state index contributed by atoms with van der Waals surface area (Å²) in [6.07, 6.45) is -0.239. The predicted octanol–water partition coefficient (Wildman–Crippen LogP) is 1.34. The molecule has 0 saturated carbocycles. The van der Waals surface area contributed by atoms with Gasteiger partial charge in [-0.15, -0.1) is 0 Å². The summed E-state index contributed by atoms with van der Waals surface area (Å²) in [5.74, 6) is 0. The summed E-state index contributed by atoms with van der Waals surface area (Å²) in [6, 6.07) is 0. The number of halogens is 4. The van der Waals surface area contributed by atoms with Crippen molar-refractivity contribution >= 4 is 17.9 Å². The summed E-state index contributed by atoms with van der Waals surface area (Å²) in [4.78, 5) is 1.62. The number of aliphatic hydroxyl groups is 1. The van der Waals surface area contributed by atoms with Gasteiger partial charge in [0.25, 0.3) is 0 Å². The number of aliphatic imine (C=N–C) groups is 1. The predicted molar refractivity (Wildman–Crippen MR) is 62.6 cm³/mol. The second-order valence-corrected chi connectivity index (χ2v) is 4.37. The maximum Gasteiger partial charge on any atom is 0.417 e. The molecule has 1 aromatic rings. The zero-order chi connectivity index (χ0) is 14.1. The van der Waals surface area contributed by atoms with E-state index in [-0.39, 0.29) is 18.7 Å². The second kappa shape index (κ2) is 4.86. The second-order valence-electron chi connectivity index (χ2n) is 3.82. The third-order valence-corrected chi connectivity index (χ3v) is 3.07. The summed E-state index contributed by atoms with van der Waals surface area (Å²) in [6.45, 7) is -0.0107. The summed E-state index contributed by atoms with van der Waals surface area (Å²) < 4.78 is 40.1. The smallest absolute Gasteiger partial charge is 0.394 e. The van der Waals surface area contributed by atoms with Crippen molar-refractivity contribution in [3.05, 3.63) is 29.7 Å². The molecule has 0 bridgehead atoms. The first-order chi connectivity index (χ1) is 8.88. The van der Waals surface area contributed by atoms with E-state index in [1.54, 1.807) is 0 Å². The van der Waals surface area contributed by atoms with E-state index < -0.39 is 16.7 Å². The highest BCUT2D eigenvalue weighted by Gasteiger charge is 2.50. The molecule has 5 nitrogen and oxygen atoms in total. The van der Waals surface area contributed by atoms with Crippen molar-refractivity contribution in [2.45, 2.75) is 17.7 Å². The van der Waals surface area contributed by atoms with Crippen molar-refractivity contribution < 1.29 is 18.3 Å². The van der Waals surface area contributed by atoms with Crippen LogP contribution in [0.1, 0.15) is 5.56 Å². The number of aliphatic hydroxyl groups excluding tert-OH is 1. The van der Waals surface area contributed by atoms with Crippen LogP contribution in [0.2, 0.25) is 0 Å². The Morgan fingerprint density at radius 1 is 1.47 bits per heavy atom. The van der Waals surface area contributed by atoms with Gasteiger partial charge in [-0.2, -0.15) is 18.3 Å². The monoisotopic (exact) mass is 294 g/mol. The molecule has 0 aliphatic carbocycles. The van der Waals surface area contributed by atoms with Gasteiger partial charge < -0.3 is 10.4 Å². The van der Waals surface area contributed by atoms with Crippen molar-refractivity contribution in [3.8, 4) is 0 Å². The maximum atomic E-state index is 12.9. The lowest BCUT2D eigenvalue weighted by atomic mass is 10.0. The molecular weight excluding hydrogens is 285 g/mol. The molecular formula is C10H10ClF3N4O. The zero-order valence-corrected chi connectivity index (χ0v) is 10.3. The van der Waals surface area contributed by atoms with Crippen molar-refractivity contribution in [2.75, 3.05) is 6.61 Å². The van der Waals surface area contributed by atoms with Crippen LogP contribution in [0.25, 0.3) is 0 Å². The van der Waals surface area contributed by atoms with E-state index in [4.69, 9.17) is 16.7 Å². The van der Waals surface area contributed by atoms with Gasteiger partial charge in [0.05, 0.1) is 31.3 Å². The van der Waals surface area contributed by atoms with Gasteiger partial charge in [-0.05, 0) is 0 Å². The minimum absolute atomic E-state index is 0.0870. The molecule has 2 rings (SSSR count). The molecule has 1 aliphatic rings. The Bertz CT molecular complexity index is 525. The van der Waals surface area contributed by atoms with E-state index in [0.717, 1.165) is 12.5 Å². The number of nitrogens with zero attached hydrogens (tertiary/aromatic N) is 3. The molecule has 0 amide bonds. The van der Waals surface area contributed by atoms with Crippen LogP contribution in [0.5, 0.6) is 0 Å². The van der Waals surface area contributed by atoms with E-state index >= 15 is 0 Å². The molecule has 1 aliphatic heterocycles. The lowest BCUT2D eigenvalue weighted by Gasteiger charge is -2.28. The molecule has 0 fully saturated rings. The lowest BCUT2D eigenvalue weighted by molar-refractivity contribution is -0.0980. The molecule has 104 valence electrons. The standard InChI is InChI=1S/C10H10ClF3N4O/c11-9(7-3-17-18(5-7)1-2-19)8(10(12,13)14)4-15-6-16-9/h3-6,19H,1-2H2,(H,15,16). The van der Waals surface area contributed by atoms with Crippen LogP contribution in [0, 0.1) is 0 Å². The Hall–Kier alpha value is -1.54. The Kier molecular flexibility index (Phi) is 3.55. The van der Waals surface area contributed by atoms with Crippen molar-refractivity contribution in [2.24, 2.45) is 4.99 Å². The van der Waals surface area contributed by atoms with E-state index in [1.165, 1.54) is 17.1 Å². The van der Waals surface area contributed by atoms with Crippen LogP contribution >= 0.6 is 11.6 Å². The van der Waals surface area contributed by atoms with E-state index in [1.807, 2.05) is 0 Å². The minimum atomic E-state index is -4.62. The average Bonchev–Trinajstić information content (AvgIpc) is 2.78. The van der Waals surface area contributed by atoms with Crippen molar-refractivity contribution in [1.82, 2.24) is 15.1 Å². The van der Waals surface area contributed by atoms with Crippen LogP contribution < -0.4 is 5.32 Å². The third-order valence-electron chi connectivity index (χ3n) is 2.55. The van der Waals surface area contributed by atoms with Gasteiger partial charge in [-0.1, -0.05) is 11.6 Å². The molecule has 19 heavy (non-hydrogen) atoms. The number of aromatic nitrogens is 2. The van der Waals surface area contributed by atoms with Gasteiger partial charge in [0.1, 0.15) is 0 Å². The first-order valence-electron chi connectivity index (χ1n) is 5.28. The van der Waals surface area contributed by atoms with E-state index in [0.29, 0.717) is 0 Å². The fourth-order valence-corrected chi connectivity index (χ4v) is 1.98. The first kappa shape index (κ1) is 13.9. The molecule has 2 heterocycles. The van der Waals surface area contributed by atoms with Gasteiger partial charge in [-0.25, -0.2) is 4.99 Å².